The number of rotatable bonds is 4. The predicted molar refractivity (Wildman–Crippen MR) is 106 cm³/mol. The van der Waals surface area contributed by atoms with Gasteiger partial charge in [0.2, 0.25) is 0 Å². The molecule has 0 unspecified atom stereocenters. The van der Waals surface area contributed by atoms with Crippen molar-refractivity contribution in [2.75, 3.05) is 6.61 Å². The third kappa shape index (κ3) is 3.10. The van der Waals surface area contributed by atoms with Crippen LogP contribution in [0.15, 0.2) is 30.7 Å². The van der Waals surface area contributed by atoms with Crippen molar-refractivity contribution in [2.45, 2.75) is 32.9 Å². The van der Waals surface area contributed by atoms with Crippen LogP contribution in [0.3, 0.4) is 0 Å². The normalized spacial score (nSPS) is 16.1. The molecular formula is C20H22ClN5O2. The van der Waals surface area contributed by atoms with Crippen LogP contribution in [0.2, 0.25) is 5.02 Å². The van der Waals surface area contributed by atoms with E-state index < -0.39 is 0 Å². The molecule has 1 N–H and O–H groups in total. The molecule has 1 aliphatic rings. The third-order valence-corrected chi connectivity index (χ3v) is 5.61. The summed E-state index contributed by atoms with van der Waals surface area (Å²) in [5, 5.41) is 8.22. The summed E-state index contributed by atoms with van der Waals surface area (Å²) in [7, 11) is 1.89. The van der Waals surface area contributed by atoms with Gasteiger partial charge in [0.1, 0.15) is 5.69 Å². The molecule has 3 aromatic rings. The zero-order chi connectivity index (χ0) is 19.8. The lowest BCUT2D eigenvalue weighted by atomic mass is 10.1. The van der Waals surface area contributed by atoms with E-state index in [0.717, 1.165) is 34.6 Å². The second-order valence-corrected chi connectivity index (χ2v) is 7.29. The van der Waals surface area contributed by atoms with Crippen LogP contribution >= 0.6 is 11.6 Å². The number of nitrogens with zero attached hydrogens (tertiary/aromatic N) is 4. The Hall–Kier alpha value is -2.64. The molecule has 0 fully saturated rings. The smallest absolute Gasteiger partial charge is 0.272 e. The number of halogens is 1. The minimum atomic E-state index is -0.291. The standard InChI is InChI=1S/C20H22ClN5O2/c1-4-15-19(22-11-25(15)3)20(27)24-14-9-28-10-17-13(14)8-23-26(17)16-7-5-6-12(2)18(16)21/h5-8,11,14H,4,9-10H2,1-3H3,(H,24,27)/t14-/m0/s1. The van der Waals surface area contributed by atoms with E-state index in [1.807, 2.05) is 43.7 Å². The zero-order valence-corrected chi connectivity index (χ0v) is 16.8. The molecule has 0 spiro atoms. The number of carbonyl (C=O) groups excluding carboxylic acids is 1. The van der Waals surface area contributed by atoms with Gasteiger partial charge in [0.15, 0.2) is 0 Å². The molecule has 146 valence electrons. The van der Waals surface area contributed by atoms with Gasteiger partial charge in [0, 0.05) is 18.3 Å². The third-order valence-electron chi connectivity index (χ3n) is 5.11. The SMILES string of the molecule is CCc1c(C(=O)N[C@H]2COCc3c2cnn3-c2cccc(C)c2Cl)ncn1C. The van der Waals surface area contributed by atoms with Crippen molar-refractivity contribution in [3.63, 3.8) is 0 Å². The van der Waals surface area contributed by atoms with Crippen LogP contribution in [0.1, 0.15) is 46.0 Å². The molecule has 1 aliphatic heterocycles. The topological polar surface area (TPSA) is 74.0 Å². The molecule has 4 rings (SSSR count). The number of amides is 1. The van der Waals surface area contributed by atoms with Crippen LogP contribution in [0.4, 0.5) is 0 Å². The van der Waals surface area contributed by atoms with Crippen molar-refractivity contribution in [3.05, 3.63) is 64.0 Å². The van der Waals surface area contributed by atoms with Crippen molar-refractivity contribution in [1.82, 2.24) is 24.6 Å². The monoisotopic (exact) mass is 399 g/mol. The Labute approximate surface area is 168 Å². The predicted octanol–water partition coefficient (Wildman–Crippen LogP) is 3.13. The van der Waals surface area contributed by atoms with Gasteiger partial charge in [0.05, 0.1) is 48.2 Å². The molecule has 7 nitrogen and oxygen atoms in total. The minimum absolute atomic E-state index is 0.208. The first-order valence-electron chi connectivity index (χ1n) is 9.22. The molecule has 1 atom stereocenters. The molecule has 2 aromatic heterocycles. The van der Waals surface area contributed by atoms with Gasteiger partial charge < -0.3 is 14.6 Å². The van der Waals surface area contributed by atoms with E-state index in [2.05, 4.69) is 15.4 Å². The van der Waals surface area contributed by atoms with Crippen molar-refractivity contribution in [3.8, 4) is 5.69 Å². The fraction of sp³-hybridized carbons (Fsp3) is 0.350. The van der Waals surface area contributed by atoms with E-state index in [-0.39, 0.29) is 11.9 Å². The number of aromatic nitrogens is 4. The van der Waals surface area contributed by atoms with Crippen LogP contribution in [-0.2, 0) is 24.8 Å². The Morgan fingerprint density at radius 3 is 3.04 bits per heavy atom. The summed E-state index contributed by atoms with van der Waals surface area (Å²) >= 11 is 6.48. The number of nitrogens with one attached hydrogen (secondary N) is 1. The Bertz CT molecular complexity index is 1040. The molecule has 0 saturated carbocycles. The summed E-state index contributed by atoms with van der Waals surface area (Å²) in [4.78, 5) is 17.1. The lowest BCUT2D eigenvalue weighted by Crippen LogP contribution is -2.35. The quantitative estimate of drug-likeness (QED) is 0.731. The average molecular weight is 400 g/mol. The summed E-state index contributed by atoms with van der Waals surface area (Å²) in [5.74, 6) is -0.208. The molecular weight excluding hydrogens is 378 g/mol. The Morgan fingerprint density at radius 2 is 2.25 bits per heavy atom. The second-order valence-electron chi connectivity index (χ2n) is 6.91. The van der Waals surface area contributed by atoms with Gasteiger partial charge in [-0.25, -0.2) is 9.67 Å². The summed E-state index contributed by atoms with van der Waals surface area (Å²) in [5.41, 5.74) is 4.96. The van der Waals surface area contributed by atoms with E-state index in [9.17, 15) is 4.79 Å². The lowest BCUT2D eigenvalue weighted by Gasteiger charge is -2.24. The number of carbonyl (C=O) groups is 1. The summed E-state index contributed by atoms with van der Waals surface area (Å²) in [6, 6.07) is 5.53. The van der Waals surface area contributed by atoms with Gasteiger partial charge in [0.25, 0.3) is 5.91 Å². The van der Waals surface area contributed by atoms with E-state index >= 15 is 0 Å². The van der Waals surface area contributed by atoms with Gasteiger partial charge in [-0.05, 0) is 25.0 Å². The van der Waals surface area contributed by atoms with Gasteiger partial charge in [-0.1, -0.05) is 30.7 Å². The van der Waals surface area contributed by atoms with Gasteiger partial charge in [-0.2, -0.15) is 5.10 Å². The molecule has 28 heavy (non-hydrogen) atoms. The highest BCUT2D eigenvalue weighted by Gasteiger charge is 2.29. The van der Waals surface area contributed by atoms with Crippen LogP contribution in [0.25, 0.3) is 5.69 Å². The summed E-state index contributed by atoms with van der Waals surface area (Å²) < 4.78 is 9.42. The Kier molecular flexibility index (Phi) is 4.95. The fourth-order valence-corrected chi connectivity index (χ4v) is 3.80. The zero-order valence-electron chi connectivity index (χ0n) is 16.1. The number of imidazole rings is 1. The maximum absolute atomic E-state index is 12.8. The lowest BCUT2D eigenvalue weighted by molar-refractivity contribution is 0.0684. The number of hydrogen-bond donors (Lipinski definition) is 1. The largest absolute Gasteiger partial charge is 0.373 e. The summed E-state index contributed by atoms with van der Waals surface area (Å²) in [6.45, 7) is 4.76. The first-order chi connectivity index (χ1) is 13.5. The van der Waals surface area contributed by atoms with Crippen molar-refractivity contribution >= 4 is 17.5 Å². The van der Waals surface area contributed by atoms with Crippen molar-refractivity contribution < 1.29 is 9.53 Å². The molecule has 0 saturated heterocycles. The highest BCUT2D eigenvalue weighted by molar-refractivity contribution is 6.33. The van der Waals surface area contributed by atoms with Gasteiger partial charge in [-0.3, -0.25) is 4.79 Å². The molecule has 0 aliphatic carbocycles. The maximum atomic E-state index is 12.8. The number of hydrogen-bond acceptors (Lipinski definition) is 4. The average Bonchev–Trinajstić information content (AvgIpc) is 3.28. The number of fused-ring (bicyclic) bond motifs is 1. The van der Waals surface area contributed by atoms with E-state index in [1.54, 1.807) is 17.2 Å². The van der Waals surface area contributed by atoms with Crippen LogP contribution in [0.5, 0.6) is 0 Å². The Morgan fingerprint density at radius 1 is 1.43 bits per heavy atom. The second kappa shape index (κ2) is 7.41. The maximum Gasteiger partial charge on any atom is 0.272 e. The first-order valence-corrected chi connectivity index (χ1v) is 9.60. The molecule has 0 bridgehead atoms. The number of aryl methyl sites for hydroxylation is 2. The van der Waals surface area contributed by atoms with E-state index in [1.165, 1.54) is 0 Å². The van der Waals surface area contributed by atoms with E-state index in [4.69, 9.17) is 16.3 Å². The fourth-order valence-electron chi connectivity index (χ4n) is 3.60. The molecule has 0 radical (unpaired) electrons. The molecule has 8 heteroatoms. The van der Waals surface area contributed by atoms with Crippen molar-refractivity contribution in [2.24, 2.45) is 7.05 Å². The van der Waals surface area contributed by atoms with Crippen molar-refractivity contribution in [1.29, 1.82) is 0 Å². The van der Waals surface area contributed by atoms with Crippen LogP contribution in [-0.4, -0.2) is 31.8 Å². The van der Waals surface area contributed by atoms with Crippen LogP contribution in [0, 0.1) is 6.92 Å². The first kappa shape index (κ1) is 18.7. The number of ether oxygens (including phenoxy) is 1. The van der Waals surface area contributed by atoms with Crippen LogP contribution < -0.4 is 5.32 Å². The molecule has 1 aromatic carbocycles. The highest BCUT2D eigenvalue weighted by Crippen LogP contribution is 2.30. The Balaban J connectivity index is 1.64. The van der Waals surface area contributed by atoms with Gasteiger partial charge in [-0.15, -0.1) is 0 Å². The highest BCUT2D eigenvalue weighted by atomic mass is 35.5. The molecule has 1 amide bonds. The van der Waals surface area contributed by atoms with Gasteiger partial charge >= 0.3 is 0 Å². The van der Waals surface area contributed by atoms with E-state index in [0.29, 0.717) is 23.9 Å². The minimum Gasteiger partial charge on any atom is -0.373 e. The summed E-state index contributed by atoms with van der Waals surface area (Å²) in [6.07, 6.45) is 4.17. The number of benzene rings is 1. The molecule has 3 heterocycles.